The van der Waals surface area contributed by atoms with Crippen LogP contribution in [0, 0.1) is 0 Å². The Morgan fingerprint density at radius 2 is 1.53 bits per heavy atom. The van der Waals surface area contributed by atoms with Gasteiger partial charge in [0.2, 0.25) is 5.78 Å². The summed E-state index contributed by atoms with van der Waals surface area (Å²) in [6, 6.07) is 29.5. The second-order valence-corrected chi connectivity index (χ2v) is 8.09. The predicted octanol–water partition coefficient (Wildman–Crippen LogP) is 6.00. The van der Waals surface area contributed by atoms with Crippen molar-refractivity contribution < 1.29 is 4.79 Å². The molecule has 0 spiro atoms. The van der Waals surface area contributed by atoms with Crippen molar-refractivity contribution >= 4 is 43.2 Å². The molecule has 0 N–H and O–H groups in total. The molecule has 0 radical (unpaired) electrons. The molecule has 3 aromatic carbocycles. The van der Waals surface area contributed by atoms with Crippen LogP contribution in [0.4, 0.5) is 0 Å². The maximum atomic E-state index is 13.8. The van der Waals surface area contributed by atoms with Crippen molar-refractivity contribution in [1.29, 1.82) is 0 Å². The van der Waals surface area contributed by atoms with Gasteiger partial charge in [0.05, 0.1) is 15.7 Å². The zero-order valence-electron chi connectivity index (χ0n) is 15.8. The molecule has 5 heteroatoms. The summed E-state index contributed by atoms with van der Waals surface area (Å²) in [5.41, 5.74) is 4.37. The van der Waals surface area contributed by atoms with E-state index in [1.54, 1.807) is 17.4 Å². The third-order valence-electron chi connectivity index (χ3n) is 5.25. The number of benzene rings is 3. The lowest BCUT2D eigenvalue weighted by atomic mass is 10.1. The number of imidazole rings is 1. The van der Waals surface area contributed by atoms with Crippen LogP contribution in [0.5, 0.6) is 0 Å². The molecule has 30 heavy (non-hydrogen) atoms. The Labute approximate surface area is 176 Å². The van der Waals surface area contributed by atoms with Crippen LogP contribution in [-0.2, 0) is 0 Å². The fourth-order valence-corrected chi connectivity index (χ4v) is 4.86. The summed E-state index contributed by atoms with van der Waals surface area (Å²) in [4.78, 5) is 24.1. The number of pyridine rings is 1. The van der Waals surface area contributed by atoms with Crippen molar-refractivity contribution in [2.45, 2.75) is 0 Å². The SMILES string of the molecule is O=C(c1ccc2ccccc2n1)c1c(-c2ccccc2)nc2sc3ccccc3n12. The van der Waals surface area contributed by atoms with Crippen LogP contribution in [0.3, 0.4) is 0 Å². The van der Waals surface area contributed by atoms with E-state index < -0.39 is 0 Å². The average molecular weight is 405 g/mol. The number of nitrogens with zero attached hydrogens (tertiary/aromatic N) is 3. The first-order chi connectivity index (χ1) is 14.8. The second kappa shape index (κ2) is 6.61. The summed E-state index contributed by atoms with van der Waals surface area (Å²) < 4.78 is 3.07. The first kappa shape index (κ1) is 17.1. The van der Waals surface area contributed by atoms with E-state index in [4.69, 9.17) is 4.98 Å². The quantitative estimate of drug-likeness (QED) is 0.340. The summed E-state index contributed by atoms with van der Waals surface area (Å²) >= 11 is 1.59. The van der Waals surface area contributed by atoms with Gasteiger partial charge in [-0.3, -0.25) is 9.20 Å². The second-order valence-electron chi connectivity index (χ2n) is 7.08. The molecule has 6 aromatic rings. The van der Waals surface area contributed by atoms with Gasteiger partial charge in [0.1, 0.15) is 17.1 Å². The van der Waals surface area contributed by atoms with Gasteiger partial charge in [-0.25, -0.2) is 9.97 Å². The number of aromatic nitrogens is 3. The summed E-state index contributed by atoms with van der Waals surface area (Å²) in [7, 11) is 0. The molecule has 0 bridgehead atoms. The third-order valence-corrected chi connectivity index (χ3v) is 6.27. The van der Waals surface area contributed by atoms with Gasteiger partial charge in [0, 0.05) is 10.9 Å². The summed E-state index contributed by atoms with van der Waals surface area (Å²) in [5.74, 6) is -0.129. The number of fused-ring (bicyclic) bond motifs is 4. The molecule has 0 aliphatic rings. The molecular formula is C25H15N3OS. The first-order valence-electron chi connectivity index (χ1n) is 9.65. The highest BCUT2D eigenvalue weighted by Crippen LogP contribution is 2.34. The van der Waals surface area contributed by atoms with Gasteiger partial charge in [-0.05, 0) is 24.3 Å². The molecule has 0 aliphatic carbocycles. The Kier molecular flexibility index (Phi) is 3.76. The fourth-order valence-electron chi connectivity index (χ4n) is 3.84. The lowest BCUT2D eigenvalue weighted by molar-refractivity contribution is 0.103. The maximum absolute atomic E-state index is 13.8. The summed E-state index contributed by atoms with van der Waals surface area (Å²) in [6.45, 7) is 0. The number of rotatable bonds is 3. The fraction of sp³-hybridized carbons (Fsp3) is 0. The van der Waals surface area contributed by atoms with Gasteiger partial charge in [-0.15, -0.1) is 0 Å². The Balaban J connectivity index is 1.65. The summed E-state index contributed by atoms with van der Waals surface area (Å²) in [5, 5.41) is 1.01. The van der Waals surface area contributed by atoms with E-state index in [0.29, 0.717) is 17.1 Å². The van der Waals surface area contributed by atoms with E-state index in [-0.39, 0.29) is 5.78 Å². The Bertz CT molecular complexity index is 1560. The molecule has 0 atom stereocenters. The molecule has 3 aromatic heterocycles. The van der Waals surface area contributed by atoms with Gasteiger partial charge in [-0.2, -0.15) is 0 Å². The lowest BCUT2D eigenvalue weighted by Gasteiger charge is -2.06. The number of carbonyl (C=O) groups excluding carboxylic acids is 1. The van der Waals surface area contributed by atoms with E-state index in [2.05, 4.69) is 11.1 Å². The summed E-state index contributed by atoms with van der Waals surface area (Å²) in [6.07, 6.45) is 0. The van der Waals surface area contributed by atoms with E-state index in [0.717, 1.165) is 31.6 Å². The predicted molar refractivity (Wildman–Crippen MR) is 121 cm³/mol. The number of hydrogen-bond donors (Lipinski definition) is 0. The van der Waals surface area contributed by atoms with Gasteiger partial charge in [-0.1, -0.05) is 78.1 Å². The smallest absolute Gasteiger partial charge is 0.230 e. The minimum absolute atomic E-state index is 0.129. The molecule has 3 heterocycles. The Morgan fingerprint density at radius 1 is 0.767 bits per heavy atom. The molecule has 0 saturated heterocycles. The van der Waals surface area contributed by atoms with E-state index in [1.165, 1.54) is 0 Å². The molecule has 0 unspecified atom stereocenters. The maximum Gasteiger partial charge on any atom is 0.230 e. The Hall–Kier alpha value is -3.83. The molecule has 0 saturated carbocycles. The van der Waals surface area contributed by atoms with Crippen LogP contribution in [0.2, 0.25) is 0 Å². The standard InChI is InChI=1S/C25H15N3OS/c29-24(19-15-14-16-8-4-5-11-18(16)26-19)23-22(17-9-2-1-3-10-17)27-25-28(23)20-12-6-7-13-21(20)30-25/h1-15H. The molecule has 0 aliphatic heterocycles. The number of hydrogen-bond acceptors (Lipinski definition) is 4. The number of ketones is 1. The minimum atomic E-state index is -0.129. The largest absolute Gasteiger partial charge is 0.285 e. The van der Waals surface area contributed by atoms with E-state index in [1.807, 2.05) is 83.3 Å². The molecule has 0 fully saturated rings. The number of thiazole rings is 1. The van der Waals surface area contributed by atoms with Crippen LogP contribution < -0.4 is 0 Å². The highest BCUT2D eigenvalue weighted by Gasteiger charge is 2.25. The number of para-hydroxylation sites is 2. The first-order valence-corrected chi connectivity index (χ1v) is 10.5. The van der Waals surface area contributed by atoms with Crippen LogP contribution in [0.25, 0.3) is 37.3 Å². The van der Waals surface area contributed by atoms with Crippen molar-refractivity contribution in [3.63, 3.8) is 0 Å². The van der Waals surface area contributed by atoms with Crippen molar-refractivity contribution in [1.82, 2.24) is 14.4 Å². The zero-order valence-corrected chi connectivity index (χ0v) is 16.6. The van der Waals surface area contributed by atoms with Gasteiger partial charge in [0.25, 0.3) is 0 Å². The van der Waals surface area contributed by atoms with Crippen LogP contribution >= 0.6 is 11.3 Å². The molecule has 142 valence electrons. The van der Waals surface area contributed by atoms with Crippen LogP contribution in [0.1, 0.15) is 16.2 Å². The molecule has 6 rings (SSSR count). The topological polar surface area (TPSA) is 47.3 Å². The van der Waals surface area contributed by atoms with Gasteiger partial charge >= 0.3 is 0 Å². The van der Waals surface area contributed by atoms with Gasteiger partial charge in [0.15, 0.2) is 4.96 Å². The average Bonchev–Trinajstić information content (AvgIpc) is 3.35. The van der Waals surface area contributed by atoms with Crippen LogP contribution in [-0.4, -0.2) is 20.2 Å². The third kappa shape index (κ3) is 2.56. The zero-order chi connectivity index (χ0) is 20.1. The highest BCUT2D eigenvalue weighted by atomic mass is 32.1. The monoisotopic (exact) mass is 405 g/mol. The highest BCUT2D eigenvalue weighted by molar-refractivity contribution is 7.23. The van der Waals surface area contributed by atoms with Crippen LogP contribution in [0.15, 0.2) is 91.0 Å². The van der Waals surface area contributed by atoms with Crippen molar-refractivity contribution in [2.75, 3.05) is 0 Å². The van der Waals surface area contributed by atoms with Crippen molar-refractivity contribution in [3.05, 3.63) is 102 Å². The molecular weight excluding hydrogens is 390 g/mol. The minimum Gasteiger partial charge on any atom is -0.285 e. The van der Waals surface area contributed by atoms with Crippen molar-refractivity contribution in [2.24, 2.45) is 0 Å². The lowest BCUT2D eigenvalue weighted by Crippen LogP contribution is -2.09. The van der Waals surface area contributed by atoms with Gasteiger partial charge < -0.3 is 0 Å². The normalized spacial score (nSPS) is 11.5. The van der Waals surface area contributed by atoms with E-state index in [9.17, 15) is 4.79 Å². The van der Waals surface area contributed by atoms with E-state index >= 15 is 0 Å². The number of carbonyl (C=O) groups is 1. The molecule has 0 amide bonds. The Morgan fingerprint density at radius 3 is 2.43 bits per heavy atom. The van der Waals surface area contributed by atoms with Crippen molar-refractivity contribution in [3.8, 4) is 11.3 Å². The molecule has 4 nitrogen and oxygen atoms in total.